The minimum Gasteiger partial charge on any atom is -0.370 e. The highest BCUT2D eigenvalue weighted by atomic mass is 16.6. The van der Waals surface area contributed by atoms with E-state index in [-0.39, 0.29) is 23.7 Å². The van der Waals surface area contributed by atoms with Gasteiger partial charge in [0.15, 0.2) is 0 Å². The second-order valence-electron chi connectivity index (χ2n) is 5.63. The van der Waals surface area contributed by atoms with Gasteiger partial charge in [0.2, 0.25) is 0 Å². The smallest absolute Gasteiger partial charge is 0.144 e. The number of ketones is 1. The molecule has 3 heteroatoms. The molecule has 1 aromatic carbocycles. The van der Waals surface area contributed by atoms with E-state index in [0.29, 0.717) is 18.8 Å². The van der Waals surface area contributed by atoms with Gasteiger partial charge in [-0.15, -0.1) is 0 Å². The van der Waals surface area contributed by atoms with Gasteiger partial charge < -0.3 is 9.47 Å². The van der Waals surface area contributed by atoms with Crippen molar-refractivity contribution in [2.24, 2.45) is 5.92 Å². The van der Waals surface area contributed by atoms with Crippen LogP contribution in [0.4, 0.5) is 0 Å². The zero-order chi connectivity index (χ0) is 13.5. The number of carbonyl (C=O) groups excluding carboxylic acids is 1. The Bertz CT molecular complexity index is 470. The summed E-state index contributed by atoms with van der Waals surface area (Å²) in [5, 5.41) is 0. The third-order valence-corrected chi connectivity index (χ3v) is 4.49. The van der Waals surface area contributed by atoms with Crippen molar-refractivity contribution in [3.8, 4) is 0 Å². The second-order valence-corrected chi connectivity index (χ2v) is 5.63. The Morgan fingerprint density at radius 2 is 2.11 bits per heavy atom. The zero-order valence-corrected chi connectivity index (χ0v) is 11.5. The van der Waals surface area contributed by atoms with Gasteiger partial charge in [-0.05, 0) is 18.9 Å². The molecule has 1 aliphatic heterocycles. The summed E-state index contributed by atoms with van der Waals surface area (Å²) < 4.78 is 12.1. The molecule has 0 unspecified atom stereocenters. The number of hydrogen-bond acceptors (Lipinski definition) is 3. The molecule has 0 aromatic heterocycles. The van der Waals surface area contributed by atoms with Crippen LogP contribution in [0, 0.1) is 5.92 Å². The zero-order valence-electron chi connectivity index (χ0n) is 11.5. The van der Waals surface area contributed by atoms with Gasteiger partial charge in [-0.2, -0.15) is 0 Å². The van der Waals surface area contributed by atoms with E-state index in [4.69, 9.17) is 9.47 Å². The molecule has 2 bridgehead atoms. The van der Waals surface area contributed by atoms with E-state index in [1.807, 2.05) is 37.3 Å². The fourth-order valence-corrected chi connectivity index (χ4v) is 3.49. The highest BCUT2D eigenvalue weighted by Crippen LogP contribution is 2.49. The van der Waals surface area contributed by atoms with Crippen LogP contribution in [0.15, 0.2) is 30.3 Å². The first kappa shape index (κ1) is 12.8. The molecular formula is C16H20O3. The third-order valence-electron chi connectivity index (χ3n) is 4.49. The van der Waals surface area contributed by atoms with Crippen molar-refractivity contribution >= 4 is 5.78 Å². The normalized spacial score (nSPS) is 36.9. The van der Waals surface area contributed by atoms with Gasteiger partial charge in [0.05, 0.1) is 24.7 Å². The summed E-state index contributed by atoms with van der Waals surface area (Å²) >= 11 is 0. The lowest BCUT2D eigenvalue weighted by molar-refractivity contribution is -0.137. The standard InChI is InChI=1S/C16H20O3/c1-3-16-9-13(17)14(11(2)19-16)15(16)18-10-12-7-5-4-6-8-12/h4-8,11,14-15H,3,9-10H2,1-2H3/t11-,14+,15-,16-/m0/s1. The molecule has 1 saturated heterocycles. The summed E-state index contributed by atoms with van der Waals surface area (Å²) in [6, 6.07) is 10.1. The first-order valence-electron chi connectivity index (χ1n) is 7.02. The minimum absolute atomic E-state index is 0.0121. The van der Waals surface area contributed by atoms with Gasteiger partial charge >= 0.3 is 0 Å². The highest BCUT2D eigenvalue weighted by molar-refractivity contribution is 5.87. The van der Waals surface area contributed by atoms with Crippen LogP contribution in [-0.4, -0.2) is 23.6 Å². The molecule has 1 aliphatic carbocycles. The van der Waals surface area contributed by atoms with E-state index in [1.165, 1.54) is 0 Å². The third kappa shape index (κ3) is 2.01. The average molecular weight is 260 g/mol. The molecule has 1 aromatic rings. The van der Waals surface area contributed by atoms with Crippen molar-refractivity contribution in [3.63, 3.8) is 0 Å². The van der Waals surface area contributed by atoms with E-state index in [9.17, 15) is 4.79 Å². The van der Waals surface area contributed by atoms with Crippen molar-refractivity contribution in [1.29, 1.82) is 0 Å². The van der Waals surface area contributed by atoms with Crippen molar-refractivity contribution in [2.75, 3.05) is 0 Å². The molecule has 1 saturated carbocycles. The Balaban J connectivity index is 1.75. The van der Waals surface area contributed by atoms with Crippen LogP contribution >= 0.6 is 0 Å². The molecule has 3 nitrogen and oxygen atoms in total. The van der Waals surface area contributed by atoms with Gasteiger partial charge in [0, 0.05) is 6.42 Å². The Kier molecular flexibility index (Phi) is 3.19. The van der Waals surface area contributed by atoms with Crippen LogP contribution in [0.1, 0.15) is 32.3 Å². The lowest BCUT2D eigenvalue weighted by atomic mass is 9.95. The van der Waals surface area contributed by atoms with E-state index >= 15 is 0 Å². The van der Waals surface area contributed by atoms with E-state index in [2.05, 4.69) is 6.92 Å². The number of rotatable bonds is 4. The fourth-order valence-electron chi connectivity index (χ4n) is 3.49. The second kappa shape index (κ2) is 4.73. The predicted molar refractivity (Wildman–Crippen MR) is 71.7 cm³/mol. The Labute approximate surface area is 113 Å². The molecule has 0 N–H and O–H groups in total. The van der Waals surface area contributed by atoms with Crippen LogP contribution in [0.2, 0.25) is 0 Å². The van der Waals surface area contributed by atoms with Gasteiger partial charge in [0.1, 0.15) is 11.4 Å². The molecule has 102 valence electrons. The van der Waals surface area contributed by atoms with Gasteiger partial charge in [-0.25, -0.2) is 0 Å². The summed E-state index contributed by atoms with van der Waals surface area (Å²) in [5.74, 6) is 0.224. The van der Waals surface area contributed by atoms with Crippen molar-refractivity contribution in [1.82, 2.24) is 0 Å². The van der Waals surface area contributed by atoms with E-state index < -0.39 is 0 Å². The minimum atomic E-state index is -0.379. The number of hydrogen-bond donors (Lipinski definition) is 0. The summed E-state index contributed by atoms with van der Waals surface area (Å²) in [7, 11) is 0. The molecule has 0 radical (unpaired) electrons. The number of Topliss-reactive ketones (excluding diaryl/α,β-unsaturated/α-hetero) is 1. The van der Waals surface area contributed by atoms with Crippen LogP contribution < -0.4 is 0 Å². The highest BCUT2D eigenvalue weighted by Gasteiger charge is 2.62. The van der Waals surface area contributed by atoms with Gasteiger partial charge in [-0.1, -0.05) is 37.3 Å². The summed E-state index contributed by atoms with van der Waals surface area (Å²) in [6.07, 6.45) is 1.25. The maximum absolute atomic E-state index is 12.1. The molecule has 0 amide bonds. The molecule has 4 atom stereocenters. The van der Waals surface area contributed by atoms with Crippen molar-refractivity contribution in [2.45, 2.75) is 51.1 Å². The summed E-state index contributed by atoms with van der Waals surface area (Å²) in [5.41, 5.74) is 0.760. The maximum atomic E-state index is 12.1. The Hall–Kier alpha value is -1.19. The summed E-state index contributed by atoms with van der Waals surface area (Å²) in [4.78, 5) is 12.1. The van der Waals surface area contributed by atoms with Crippen LogP contribution in [0.5, 0.6) is 0 Å². The lowest BCUT2D eigenvalue weighted by Gasteiger charge is -2.29. The molecule has 2 fully saturated rings. The maximum Gasteiger partial charge on any atom is 0.144 e. The topological polar surface area (TPSA) is 35.5 Å². The Morgan fingerprint density at radius 1 is 1.37 bits per heavy atom. The first-order chi connectivity index (χ1) is 9.16. The fraction of sp³-hybridized carbons (Fsp3) is 0.562. The number of fused-ring (bicyclic) bond motifs is 2. The van der Waals surface area contributed by atoms with Crippen LogP contribution in [-0.2, 0) is 20.9 Å². The van der Waals surface area contributed by atoms with Crippen molar-refractivity contribution < 1.29 is 14.3 Å². The van der Waals surface area contributed by atoms with E-state index in [1.54, 1.807) is 0 Å². The van der Waals surface area contributed by atoms with E-state index in [0.717, 1.165) is 12.0 Å². The summed E-state index contributed by atoms with van der Waals surface area (Å²) in [6.45, 7) is 4.61. The number of ether oxygens (including phenoxy) is 2. The number of benzene rings is 1. The molecular weight excluding hydrogens is 240 g/mol. The molecule has 1 heterocycles. The molecule has 2 aliphatic rings. The lowest BCUT2D eigenvalue weighted by Crippen LogP contribution is -2.38. The van der Waals surface area contributed by atoms with Gasteiger partial charge in [0.25, 0.3) is 0 Å². The van der Waals surface area contributed by atoms with Gasteiger partial charge in [-0.3, -0.25) is 4.79 Å². The van der Waals surface area contributed by atoms with Crippen molar-refractivity contribution in [3.05, 3.63) is 35.9 Å². The van der Waals surface area contributed by atoms with Crippen LogP contribution in [0.3, 0.4) is 0 Å². The Morgan fingerprint density at radius 3 is 2.74 bits per heavy atom. The van der Waals surface area contributed by atoms with Crippen LogP contribution in [0.25, 0.3) is 0 Å². The first-order valence-corrected chi connectivity index (χ1v) is 7.02. The molecule has 19 heavy (non-hydrogen) atoms. The SMILES string of the molecule is CC[C@@]12CC(=O)[C@@H]([C@H](C)O1)[C@@H]2OCc1ccccc1. The molecule has 0 spiro atoms. The quantitative estimate of drug-likeness (QED) is 0.835. The largest absolute Gasteiger partial charge is 0.370 e. The molecule has 3 rings (SSSR count). The average Bonchev–Trinajstić information content (AvgIpc) is 2.85. The number of carbonyl (C=O) groups is 1. The monoisotopic (exact) mass is 260 g/mol. The predicted octanol–water partition coefficient (Wildman–Crippen LogP) is 2.73.